The molecule has 0 saturated heterocycles. The van der Waals surface area contributed by atoms with Gasteiger partial charge in [0.25, 0.3) is 0 Å². The maximum atomic E-state index is 5.75. The summed E-state index contributed by atoms with van der Waals surface area (Å²) in [5.41, 5.74) is 0.995. The molecule has 1 aromatic carbocycles. The van der Waals surface area contributed by atoms with Crippen LogP contribution in [0.4, 0.5) is 0 Å². The highest BCUT2D eigenvalue weighted by Crippen LogP contribution is 2.23. The number of hydrogen-bond acceptors (Lipinski definition) is 5. The van der Waals surface area contributed by atoms with E-state index >= 15 is 0 Å². The van der Waals surface area contributed by atoms with Crippen molar-refractivity contribution >= 4 is 29.9 Å². The van der Waals surface area contributed by atoms with Gasteiger partial charge in [-0.05, 0) is 31.5 Å². The Hall–Kier alpha value is -2.07. The van der Waals surface area contributed by atoms with Crippen LogP contribution < -0.4 is 20.1 Å². The van der Waals surface area contributed by atoms with Gasteiger partial charge in [-0.2, -0.15) is 0 Å². The minimum atomic E-state index is 0. The van der Waals surface area contributed by atoms with Crippen molar-refractivity contribution in [1.29, 1.82) is 0 Å². The molecule has 2 rings (SSSR count). The van der Waals surface area contributed by atoms with Crippen LogP contribution in [0.15, 0.2) is 47.6 Å². The van der Waals surface area contributed by atoms with Gasteiger partial charge < -0.3 is 24.8 Å². The molecular weight excluding hydrogens is 471 g/mol. The van der Waals surface area contributed by atoms with Crippen molar-refractivity contribution < 1.29 is 14.2 Å². The number of hydrogen-bond donors (Lipinski definition) is 2. The summed E-state index contributed by atoms with van der Waals surface area (Å²) in [6, 6.07) is 11.2. The highest BCUT2D eigenvalue weighted by Gasteiger charge is 2.02. The number of rotatable bonds is 10. The average molecular weight is 500 g/mol. The van der Waals surface area contributed by atoms with E-state index in [1.54, 1.807) is 13.3 Å². The van der Waals surface area contributed by atoms with Gasteiger partial charge in [-0.3, -0.25) is 0 Å². The molecule has 0 saturated carbocycles. The predicted molar refractivity (Wildman–Crippen MR) is 122 cm³/mol. The summed E-state index contributed by atoms with van der Waals surface area (Å²) in [6.07, 6.45) is 1.77. The summed E-state index contributed by atoms with van der Waals surface area (Å²) in [6.45, 7) is 7.41. The van der Waals surface area contributed by atoms with E-state index in [4.69, 9.17) is 14.2 Å². The van der Waals surface area contributed by atoms with Gasteiger partial charge in [-0.25, -0.2) is 9.98 Å². The molecule has 0 bridgehead atoms. The molecular formula is C20H29IN4O3. The summed E-state index contributed by atoms with van der Waals surface area (Å²) in [7, 11) is 1.63. The van der Waals surface area contributed by atoms with Crippen LogP contribution in [-0.2, 0) is 11.3 Å². The van der Waals surface area contributed by atoms with Gasteiger partial charge >= 0.3 is 0 Å². The fourth-order valence-corrected chi connectivity index (χ4v) is 2.25. The molecule has 1 aromatic heterocycles. The first kappa shape index (κ1) is 24.0. The van der Waals surface area contributed by atoms with E-state index in [2.05, 4.69) is 20.6 Å². The molecule has 0 spiro atoms. The van der Waals surface area contributed by atoms with Gasteiger partial charge in [-0.15, -0.1) is 24.0 Å². The minimum absolute atomic E-state index is 0. The Bertz CT molecular complexity index is 711. The smallest absolute Gasteiger partial charge is 0.219 e. The van der Waals surface area contributed by atoms with Crippen LogP contribution >= 0.6 is 24.0 Å². The van der Waals surface area contributed by atoms with E-state index in [0.29, 0.717) is 37.9 Å². The second-order valence-electron chi connectivity index (χ2n) is 5.60. The molecule has 28 heavy (non-hydrogen) atoms. The highest BCUT2D eigenvalue weighted by molar-refractivity contribution is 14.0. The second-order valence-corrected chi connectivity index (χ2v) is 5.60. The van der Waals surface area contributed by atoms with Crippen LogP contribution in [0, 0.1) is 0 Å². The fourth-order valence-electron chi connectivity index (χ4n) is 2.25. The number of pyridine rings is 1. The summed E-state index contributed by atoms with van der Waals surface area (Å²) in [5, 5.41) is 6.45. The molecule has 154 valence electrons. The SMILES string of the molecule is CCNC(=NCc1ccc(Oc2cccc(OC)c2)nc1)NCCOCC.I. The van der Waals surface area contributed by atoms with Crippen LogP contribution in [0.2, 0.25) is 0 Å². The Kier molecular flexibility index (Phi) is 12.0. The van der Waals surface area contributed by atoms with Crippen molar-refractivity contribution in [3.8, 4) is 17.4 Å². The van der Waals surface area contributed by atoms with E-state index in [-0.39, 0.29) is 24.0 Å². The quantitative estimate of drug-likeness (QED) is 0.225. The van der Waals surface area contributed by atoms with Gasteiger partial charge in [0.1, 0.15) is 11.5 Å². The van der Waals surface area contributed by atoms with E-state index in [9.17, 15) is 0 Å². The first-order chi connectivity index (χ1) is 13.2. The number of benzene rings is 1. The number of aromatic nitrogens is 1. The monoisotopic (exact) mass is 500 g/mol. The van der Waals surface area contributed by atoms with Crippen LogP contribution in [0.5, 0.6) is 17.4 Å². The van der Waals surface area contributed by atoms with Crippen molar-refractivity contribution in [3.63, 3.8) is 0 Å². The zero-order valence-corrected chi connectivity index (χ0v) is 18.9. The molecule has 0 amide bonds. The molecule has 1 heterocycles. The summed E-state index contributed by atoms with van der Waals surface area (Å²) >= 11 is 0. The first-order valence-corrected chi connectivity index (χ1v) is 9.12. The van der Waals surface area contributed by atoms with E-state index in [0.717, 1.165) is 23.8 Å². The maximum Gasteiger partial charge on any atom is 0.219 e. The lowest BCUT2D eigenvalue weighted by molar-refractivity contribution is 0.152. The Labute approximate surface area is 183 Å². The zero-order chi connectivity index (χ0) is 19.3. The minimum Gasteiger partial charge on any atom is -0.497 e. The van der Waals surface area contributed by atoms with Crippen molar-refractivity contribution in [2.24, 2.45) is 4.99 Å². The molecule has 0 fully saturated rings. The highest BCUT2D eigenvalue weighted by atomic mass is 127. The lowest BCUT2D eigenvalue weighted by Gasteiger charge is -2.11. The lowest BCUT2D eigenvalue weighted by Crippen LogP contribution is -2.39. The molecule has 0 unspecified atom stereocenters. The average Bonchev–Trinajstić information content (AvgIpc) is 2.70. The van der Waals surface area contributed by atoms with Crippen LogP contribution in [-0.4, -0.2) is 44.4 Å². The predicted octanol–water partition coefficient (Wildman–Crippen LogP) is 3.59. The topological polar surface area (TPSA) is 77.0 Å². The summed E-state index contributed by atoms with van der Waals surface area (Å²) < 4.78 is 16.3. The standard InChI is InChI=1S/C20H28N4O3.HI/c1-4-21-20(22-11-12-26-5-2)24-15-16-9-10-19(23-14-16)27-18-8-6-7-17(13-18)25-3;/h6-10,13-14H,4-5,11-12,15H2,1-3H3,(H2,21,22,24);1H. The first-order valence-electron chi connectivity index (χ1n) is 9.12. The van der Waals surface area contributed by atoms with Crippen molar-refractivity contribution in [1.82, 2.24) is 15.6 Å². The van der Waals surface area contributed by atoms with E-state index < -0.39 is 0 Å². The third kappa shape index (κ3) is 8.75. The zero-order valence-electron chi connectivity index (χ0n) is 16.6. The number of guanidine groups is 1. The van der Waals surface area contributed by atoms with Gasteiger partial charge in [0.15, 0.2) is 5.96 Å². The third-order valence-electron chi connectivity index (χ3n) is 3.57. The van der Waals surface area contributed by atoms with Crippen LogP contribution in [0.3, 0.4) is 0 Å². The molecule has 0 aliphatic heterocycles. The maximum absolute atomic E-state index is 5.75. The van der Waals surface area contributed by atoms with Crippen molar-refractivity contribution in [3.05, 3.63) is 48.2 Å². The molecule has 0 aliphatic carbocycles. The molecule has 7 nitrogen and oxygen atoms in total. The number of nitrogens with one attached hydrogen (secondary N) is 2. The molecule has 0 aliphatic rings. The fraction of sp³-hybridized carbons (Fsp3) is 0.400. The number of halogens is 1. The molecule has 2 aromatic rings. The molecule has 8 heteroatoms. The van der Waals surface area contributed by atoms with Crippen molar-refractivity contribution in [2.45, 2.75) is 20.4 Å². The number of aliphatic imine (C=N–C) groups is 1. The van der Waals surface area contributed by atoms with Crippen molar-refractivity contribution in [2.75, 3.05) is 33.4 Å². The number of methoxy groups -OCH3 is 1. The third-order valence-corrected chi connectivity index (χ3v) is 3.57. The van der Waals surface area contributed by atoms with Gasteiger partial charge in [0.2, 0.25) is 5.88 Å². The van der Waals surface area contributed by atoms with Gasteiger partial charge in [0.05, 0.1) is 20.3 Å². The van der Waals surface area contributed by atoms with Gasteiger partial charge in [-0.1, -0.05) is 12.1 Å². The summed E-state index contributed by atoms with van der Waals surface area (Å²) in [4.78, 5) is 8.91. The van der Waals surface area contributed by atoms with E-state index in [1.807, 2.05) is 50.2 Å². The second kappa shape index (κ2) is 14.0. The lowest BCUT2D eigenvalue weighted by atomic mass is 10.3. The normalized spacial score (nSPS) is 10.8. The van der Waals surface area contributed by atoms with E-state index in [1.165, 1.54) is 0 Å². The Morgan fingerprint density at radius 3 is 2.61 bits per heavy atom. The Morgan fingerprint density at radius 1 is 1.11 bits per heavy atom. The molecule has 0 atom stereocenters. The molecule has 0 radical (unpaired) electrons. The number of nitrogens with zero attached hydrogens (tertiary/aromatic N) is 2. The molecule has 2 N–H and O–H groups in total. The largest absolute Gasteiger partial charge is 0.497 e. The number of ether oxygens (including phenoxy) is 3. The Morgan fingerprint density at radius 2 is 1.93 bits per heavy atom. The van der Waals surface area contributed by atoms with Crippen LogP contribution in [0.25, 0.3) is 0 Å². The van der Waals surface area contributed by atoms with Gasteiger partial charge in [0, 0.05) is 38.0 Å². The summed E-state index contributed by atoms with van der Waals surface area (Å²) in [5.74, 6) is 2.71. The van der Waals surface area contributed by atoms with Crippen LogP contribution in [0.1, 0.15) is 19.4 Å². The Balaban J connectivity index is 0.00000392.